The molecule has 0 aromatic heterocycles. The first kappa shape index (κ1) is 33.8. The van der Waals surface area contributed by atoms with E-state index in [0.717, 1.165) is 0 Å². The zero-order chi connectivity index (χ0) is 23.2. The van der Waals surface area contributed by atoms with E-state index in [0.29, 0.717) is 12.8 Å². The molecule has 0 aliphatic heterocycles. The molecule has 0 aliphatic rings. The van der Waals surface area contributed by atoms with E-state index in [9.17, 15) is 0 Å². The van der Waals surface area contributed by atoms with Crippen LogP contribution in [0.4, 0.5) is 9.59 Å². The van der Waals surface area contributed by atoms with E-state index in [1.807, 2.05) is 0 Å². The Bertz CT molecular complexity index is 312. The molecule has 0 aliphatic carbocycles. The Balaban J connectivity index is -0.000000150. The maximum Gasteiger partial charge on any atom is 0.503 e. The quantitative estimate of drug-likeness (QED) is 0.169. The lowest BCUT2D eigenvalue weighted by molar-refractivity contribution is -0.270. The van der Waals surface area contributed by atoms with Gasteiger partial charge in [0, 0.05) is 41.3 Å². The van der Waals surface area contributed by atoms with Gasteiger partial charge < -0.3 is 39.4 Å². The molecule has 0 spiro atoms. The molecule has 0 rings (SSSR count). The molecular formula is C14H32O14. The normalized spacial score (nSPS) is 10.3. The zero-order valence-electron chi connectivity index (χ0n) is 16.8. The van der Waals surface area contributed by atoms with Crippen molar-refractivity contribution in [1.82, 2.24) is 0 Å². The molecule has 14 heteroatoms. The third-order valence-electron chi connectivity index (χ3n) is 3.02. The Hall–Kier alpha value is -1.78. The first-order valence-corrected chi connectivity index (χ1v) is 7.40. The Labute approximate surface area is 162 Å². The monoisotopic (exact) mass is 424 g/mol. The van der Waals surface area contributed by atoms with E-state index in [4.69, 9.17) is 59.5 Å². The summed E-state index contributed by atoms with van der Waals surface area (Å²) in [7, 11) is 6.17. The van der Waals surface area contributed by atoms with Crippen LogP contribution in [-0.2, 0) is 28.7 Å². The average molecular weight is 424 g/mol. The van der Waals surface area contributed by atoms with Crippen molar-refractivity contribution in [3.63, 3.8) is 0 Å². The van der Waals surface area contributed by atoms with Crippen LogP contribution in [0.2, 0.25) is 0 Å². The fourth-order valence-corrected chi connectivity index (χ4v) is 1.04. The third-order valence-corrected chi connectivity index (χ3v) is 3.02. The highest BCUT2D eigenvalue weighted by molar-refractivity contribution is 5.53. The minimum Gasteiger partial charge on any atom is -0.450 e. The topological polar surface area (TPSA) is 211 Å². The first-order valence-electron chi connectivity index (χ1n) is 7.40. The molecule has 0 atom stereocenters. The molecule has 172 valence electrons. The highest BCUT2D eigenvalue weighted by Gasteiger charge is 2.22. The molecule has 0 amide bonds. The second-order valence-electron chi connectivity index (χ2n) is 4.82. The predicted molar refractivity (Wildman–Crippen MR) is 92.5 cm³/mol. The molecule has 0 saturated heterocycles. The van der Waals surface area contributed by atoms with Crippen LogP contribution < -0.4 is 0 Å². The number of carbonyl (C=O) groups is 2. The fraction of sp³-hybridized carbons (Fsp3) is 0.857. The van der Waals surface area contributed by atoms with E-state index in [1.165, 1.54) is 0 Å². The Morgan fingerprint density at radius 3 is 0.929 bits per heavy atom. The van der Waals surface area contributed by atoms with Crippen LogP contribution in [0.3, 0.4) is 0 Å². The van der Waals surface area contributed by atoms with Gasteiger partial charge in [-0.2, -0.15) is 0 Å². The predicted octanol–water partition coefficient (Wildman–Crippen LogP) is 2.20. The van der Waals surface area contributed by atoms with Gasteiger partial charge in [-0.05, 0) is 13.8 Å². The van der Waals surface area contributed by atoms with Gasteiger partial charge in [-0.3, -0.25) is 10.5 Å². The summed E-state index contributed by atoms with van der Waals surface area (Å²) in [6.07, 6.45) is -2.67. The van der Waals surface area contributed by atoms with Crippen LogP contribution >= 0.6 is 0 Å². The molecule has 28 heavy (non-hydrogen) atoms. The zero-order valence-corrected chi connectivity index (χ0v) is 16.8. The highest BCUT2D eigenvalue weighted by Crippen LogP contribution is 2.14. The van der Waals surface area contributed by atoms with Gasteiger partial charge >= 0.3 is 12.3 Å². The van der Waals surface area contributed by atoms with Gasteiger partial charge in [0.2, 0.25) is 0 Å². The molecule has 0 unspecified atom stereocenters. The summed E-state index contributed by atoms with van der Waals surface area (Å²) in [5.41, 5.74) is 0. The summed E-state index contributed by atoms with van der Waals surface area (Å²) in [4.78, 5) is 24.9. The maximum absolute atomic E-state index is 8.56. The summed E-state index contributed by atoms with van der Waals surface area (Å²) in [6.45, 7) is 3.95. The number of hydrogen-bond donors (Lipinski definition) is 6. The van der Waals surface area contributed by atoms with Crippen molar-refractivity contribution in [2.75, 3.05) is 41.7 Å². The second kappa shape index (κ2) is 21.5. The summed E-state index contributed by atoms with van der Waals surface area (Å²) in [5, 5.41) is 43.9. The van der Waals surface area contributed by atoms with Crippen LogP contribution in [-0.4, -0.2) is 96.5 Å². The van der Waals surface area contributed by atoms with Gasteiger partial charge in [0.15, 0.2) is 11.6 Å². The molecule has 0 heterocycles. The van der Waals surface area contributed by atoms with Crippen molar-refractivity contribution < 1.29 is 69.3 Å². The molecule has 0 radical (unpaired) electrons. The van der Waals surface area contributed by atoms with Crippen LogP contribution in [0.25, 0.3) is 0 Å². The highest BCUT2D eigenvalue weighted by atomic mass is 17.1. The van der Waals surface area contributed by atoms with Crippen molar-refractivity contribution in [1.29, 1.82) is 0 Å². The van der Waals surface area contributed by atoms with Gasteiger partial charge in [0.1, 0.15) is 0 Å². The summed E-state index contributed by atoms with van der Waals surface area (Å²) < 4.78 is 19.9. The number of methoxy groups -OCH3 is 4. The molecule has 0 fully saturated rings. The van der Waals surface area contributed by atoms with Gasteiger partial charge in [0.05, 0.1) is 13.2 Å². The standard InChI is InChI=1S/2C6H14O4.2CH2O3/c2*1-6(8-2,9-3)4-5-10-7;2*2-1(3)4/h2*7H,4-5H2,1-3H3;2*(H2,2,3,4). The molecular weight excluding hydrogens is 392 g/mol. The number of rotatable bonds is 10. The lowest BCUT2D eigenvalue weighted by atomic mass is 10.2. The van der Waals surface area contributed by atoms with Crippen molar-refractivity contribution >= 4 is 12.3 Å². The van der Waals surface area contributed by atoms with Crippen molar-refractivity contribution in [3.05, 3.63) is 0 Å². The van der Waals surface area contributed by atoms with Gasteiger partial charge in [-0.15, -0.1) is 0 Å². The Kier molecular flexibility index (Phi) is 26.0. The number of hydrogen-bond acceptors (Lipinski definition) is 10. The maximum atomic E-state index is 8.56. The van der Waals surface area contributed by atoms with Crippen molar-refractivity contribution in [2.24, 2.45) is 0 Å². The molecule has 0 aromatic rings. The van der Waals surface area contributed by atoms with Crippen LogP contribution in [0.15, 0.2) is 0 Å². The van der Waals surface area contributed by atoms with Crippen LogP contribution in [0, 0.1) is 0 Å². The molecule has 0 aromatic carbocycles. The van der Waals surface area contributed by atoms with Crippen LogP contribution in [0.5, 0.6) is 0 Å². The largest absolute Gasteiger partial charge is 0.503 e. The van der Waals surface area contributed by atoms with Gasteiger partial charge in [0.25, 0.3) is 0 Å². The van der Waals surface area contributed by atoms with Gasteiger partial charge in [-0.1, -0.05) is 0 Å². The van der Waals surface area contributed by atoms with Crippen LogP contribution in [0.1, 0.15) is 26.7 Å². The smallest absolute Gasteiger partial charge is 0.450 e. The fourth-order valence-electron chi connectivity index (χ4n) is 1.04. The summed E-state index contributed by atoms with van der Waals surface area (Å²) in [5.74, 6) is -1.30. The summed E-state index contributed by atoms with van der Waals surface area (Å²) in [6, 6.07) is 0. The summed E-state index contributed by atoms with van der Waals surface area (Å²) >= 11 is 0. The van der Waals surface area contributed by atoms with E-state index in [-0.39, 0.29) is 13.2 Å². The molecule has 0 bridgehead atoms. The van der Waals surface area contributed by atoms with Gasteiger partial charge in [-0.25, -0.2) is 19.4 Å². The molecule has 14 nitrogen and oxygen atoms in total. The molecule has 6 N–H and O–H groups in total. The number of carboxylic acid groups (broad SMARTS) is 4. The van der Waals surface area contributed by atoms with E-state index in [2.05, 4.69) is 9.78 Å². The lowest BCUT2D eigenvalue weighted by Gasteiger charge is -2.25. The lowest BCUT2D eigenvalue weighted by Crippen LogP contribution is -2.30. The SMILES string of the molecule is COC(C)(CCOO)OC.COC(C)(CCOO)OC.O=C(O)O.O=C(O)O. The van der Waals surface area contributed by atoms with Crippen molar-refractivity contribution in [2.45, 2.75) is 38.3 Å². The Morgan fingerprint density at radius 1 is 0.643 bits per heavy atom. The minimum absolute atomic E-state index is 0.207. The third kappa shape index (κ3) is 31.9. The molecule has 0 saturated carbocycles. The van der Waals surface area contributed by atoms with E-state index in [1.54, 1.807) is 42.3 Å². The second-order valence-corrected chi connectivity index (χ2v) is 4.82. The van der Waals surface area contributed by atoms with E-state index >= 15 is 0 Å². The average Bonchev–Trinajstić information content (AvgIpc) is 2.63. The number of ether oxygens (including phenoxy) is 4. The minimum atomic E-state index is -1.83. The Morgan fingerprint density at radius 2 is 0.821 bits per heavy atom. The van der Waals surface area contributed by atoms with E-state index < -0.39 is 23.9 Å². The van der Waals surface area contributed by atoms with Crippen molar-refractivity contribution in [3.8, 4) is 0 Å². The first-order chi connectivity index (χ1) is 12.8.